The Balaban J connectivity index is 2.05. The molecule has 0 heterocycles. The standard InChI is InChI=1S/C14H15ClO2/c15-13-4-2-1-3-12(13)11-7-5-10(6-8-11)9-14(16)17/h1-4,9,11H,5-8H2,(H,16,17). The van der Waals surface area contributed by atoms with E-state index in [1.165, 1.54) is 11.6 Å². The van der Waals surface area contributed by atoms with Crippen molar-refractivity contribution in [1.82, 2.24) is 0 Å². The Morgan fingerprint density at radius 3 is 2.53 bits per heavy atom. The lowest BCUT2D eigenvalue weighted by Crippen LogP contribution is -2.08. The van der Waals surface area contributed by atoms with Gasteiger partial charge in [0.05, 0.1) is 0 Å². The van der Waals surface area contributed by atoms with E-state index in [0.29, 0.717) is 5.92 Å². The lowest BCUT2D eigenvalue weighted by molar-refractivity contribution is -0.131. The van der Waals surface area contributed by atoms with Crippen molar-refractivity contribution in [2.75, 3.05) is 0 Å². The van der Waals surface area contributed by atoms with Crippen LogP contribution in [0, 0.1) is 0 Å². The molecular formula is C14H15ClO2. The highest BCUT2D eigenvalue weighted by Crippen LogP contribution is 2.38. The maximum atomic E-state index is 10.6. The third kappa shape index (κ3) is 3.10. The number of benzene rings is 1. The van der Waals surface area contributed by atoms with Crippen molar-refractivity contribution < 1.29 is 9.90 Å². The lowest BCUT2D eigenvalue weighted by atomic mass is 9.81. The molecule has 2 nitrogen and oxygen atoms in total. The second-order valence-electron chi connectivity index (χ2n) is 4.44. The molecule has 0 bridgehead atoms. The predicted octanol–water partition coefficient (Wildman–Crippen LogP) is 4.01. The van der Waals surface area contributed by atoms with Crippen molar-refractivity contribution in [1.29, 1.82) is 0 Å². The third-order valence-electron chi connectivity index (χ3n) is 3.30. The van der Waals surface area contributed by atoms with E-state index in [1.54, 1.807) is 0 Å². The normalized spacial score (nSPS) is 20.1. The first kappa shape index (κ1) is 12.2. The summed E-state index contributed by atoms with van der Waals surface area (Å²) in [5.74, 6) is -0.370. The molecule has 1 aromatic rings. The SMILES string of the molecule is O=C(O)C=C1CCC(c2ccccc2Cl)CC1. The third-order valence-corrected chi connectivity index (χ3v) is 3.64. The topological polar surface area (TPSA) is 37.3 Å². The first-order valence-corrected chi connectivity index (χ1v) is 6.21. The van der Waals surface area contributed by atoms with E-state index in [-0.39, 0.29) is 0 Å². The van der Waals surface area contributed by atoms with Gasteiger partial charge in [0.25, 0.3) is 0 Å². The van der Waals surface area contributed by atoms with E-state index < -0.39 is 5.97 Å². The number of carboxylic acid groups (broad SMARTS) is 1. The van der Waals surface area contributed by atoms with Crippen molar-refractivity contribution in [3.8, 4) is 0 Å². The van der Waals surface area contributed by atoms with Crippen LogP contribution in [0.1, 0.15) is 37.2 Å². The Bertz CT molecular complexity index is 441. The average molecular weight is 251 g/mol. The fourth-order valence-corrected chi connectivity index (χ4v) is 2.71. The zero-order chi connectivity index (χ0) is 12.3. The summed E-state index contributed by atoms with van der Waals surface area (Å²) in [5, 5.41) is 9.52. The molecule has 1 aromatic carbocycles. The highest BCUT2D eigenvalue weighted by atomic mass is 35.5. The molecule has 0 aliphatic heterocycles. The molecule has 1 aliphatic rings. The van der Waals surface area contributed by atoms with Crippen LogP contribution in [-0.2, 0) is 4.79 Å². The second-order valence-corrected chi connectivity index (χ2v) is 4.84. The minimum absolute atomic E-state index is 0.467. The summed E-state index contributed by atoms with van der Waals surface area (Å²) in [6.07, 6.45) is 5.05. The Hall–Kier alpha value is -1.28. The van der Waals surface area contributed by atoms with E-state index in [9.17, 15) is 4.79 Å². The van der Waals surface area contributed by atoms with Crippen LogP contribution < -0.4 is 0 Å². The molecular weight excluding hydrogens is 236 g/mol. The van der Waals surface area contributed by atoms with Gasteiger partial charge in [-0.15, -0.1) is 0 Å². The predicted molar refractivity (Wildman–Crippen MR) is 68.4 cm³/mol. The molecule has 0 saturated heterocycles. The number of aliphatic carboxylic acids is 1. The first-order chi connectivity index (χ1) is 8.16. The van der Waals surface area contributed by atoms with E-state index >= 15 is 0 Å². The smallest absolute Gasteiger partial charge is 0.328 e. The summed E-state index contributed by atoms with van der Waals surface area (Å²) in [7, 11) is 0. The van der Waals surface area contributed by atoms with Gasteiger partial charge in [-0.25, -0.2) is 4.79 Å². The maximum Gasteiger partial charge on any atom is 0.328 e. The van der Waals surface area contributed by atoms with Crippen LogP contribution in [0.15, 0.2) is 35.9 Å². The zero-order valence-electron chi connectivity index (χ0n) is 9.53. The summed E-state index contributed by atoms with van der Waals surface area (Å²) in [4.78, 5) is 10.6. The van der Waals surface area contributed by atoms with Crippen molar-refractivity contribution >= 4 is 17.6 Å². The number of carboxylic acids is 1. The van der Waals surface area contributed by atoms with E-state index in [2.05, 4.69) is 6.07 Å². The molecule has 0 radical (unpaired) electrons. The molecule has 0 atom stereocenters. The molecule has 3 heteroatoms. The molecule has 90 valence electrons. The minimum Gasteiger partial charge on any atom is -0.478 e. The molecule has 1 N–H and O–H groups in total. The number of allylic oxidation sites excluding steroid dienone is 1. The first-order valence-electron chi connectivity index (χ1n) is 5.83. The number of halogens is 1. The van der Waals surface area contributed by atoms with Gasteiger partial charge in [0.15, 0.2) is 0 Å². The van der Waals surface area contributed by atoms with Gasteiger partial charge >= 0.3 is 5.97 Å². The molecule has 0 spiro atoms. The second kappa shape index (κ2) is 5.37. The summed E-state index contributed by atoms with van der Waals surface area (Å²) in [6.45, 7) is 0. The monoisotopic (exact) mass is 250 g/mol. The molecule has 1 saturated carbocycles. The average Bonchev–Trinajstić information content (AvgIpc) is 2.30. The molecule has 1 aliphatic carbocycles. The molecule has 2 rings (SSSR count). The molecule has 0 unspecified atom stereocenters. The van der Waals surface area contributed by atoms with E-state index in [1.807, 2.05) is 18.2 Å². The Labute approximate surface area is 106 Å². The summed E-state index contributed by atoms with van der Waals surface area (Å²) >= 11 is 6.17. The lowest BCUT2D eigenvalue weighted by Gasteiger charge is -2.24. The van der Waals surface area contributed by atoms with Crippen LogP contribution in [0.3, 0.4) is 0 Å². The van der Waals surface area contributed by atoms with Crippen molar-refractivity contribution in [2.45, 2.75) is 31.6 Å². The van der Waals surface area contributed by atoms with Gasteiger partial charge in [0.1, 0.15) is 0 Å². The Morgan fingerprint density at radius 2 is 1.94 bits per heavy atom. The number of rotatable bonds is 2. The summed E-state index contributed by atoms with van der Waals surface area (Å²) in [5.41, 5.74) is 2.24. The van der Waals surface area contributed by atoms with Crippen molar-refractivity contribution in [2.24, 2.45) is 0 Å². The number of hydrogen-bond acceptors (Lipinski definition) is 1. The van der Waals surface area contributed by atoms with E-state index in [0.717, 1.165) is 36.3 Å². The largest absolute Gasteiger partial charge is 0.478 e. The van der Waals surface area contributed by atoms with Gasteiger partial charge in [-0.2, -0.15) is 0 Å². The fourth-order valence-electron chi connectivity index (χ4n) is 2.42. The van der Waals surface area contributed by atoms with Crippen LogP contribution in [0.5, 0.6) is 0 Å². The van der Waals surface area contributed by atoms with Crippen LogP contribution in [0.4, 0.5) is 0 Å². The highest BCUT2D eigenvalue weighted by Gasteiger charge is 2.20. The molecule has 1 fully saturated rings. The van der Waals surface area contributed by atoms with Crippen LogP contribution >= 0.6 is 11.6 Å². The van der Waals surface area contributed by atoms with Gasteiger partial charge in [0.2, 0.25) is 0 Å². The number of hydrogen-bond donors (Lipinski definition) is 1. The van der Waals surface area contributed by atoms with Gasteiger partial charge in [-0.05, 0) is 43.2 Å². The summed E-state index contributed by atoms with van der Waals surface area (Å²) < 4.78 is 0. The van der Waals surface area contributed by atoms with Gasteiger partial charge < -0.3 is 5.11 Å². The van der Waals surface area contributed by atoms with Crippen molar-refractivity contribution in [3.63, 3.8) is 0 Å². The van der Waals surface area contributed by atoms with E-state index in [4.69, 9.17) is 16.7 Å². The highest BCUT2D eigenvalue weighted by molar-refractivity contribution is 6.31. The molecule has 0 aromatic heterocycles. The quantitative estimate of drug-likeness (QED) is 0.806. The Morgan fingerprint density at radius 1 is 1.29 bits per heavy atom. The summed E-state index contributed by atoms with van der Waals surface area (Å²) in [6, 6.07) is 7.92. The van der Waals surface area contributed by atoms with Gasteiger partial charge in [0, 0.05) is 11.1 Å². The minimum atomic E-state index is -0.837. The zero-order valence-corrected chi connectivity index (χ0v) is 10.3. The Kier molecular flexibility index (Phi) is 3.85. The van der Waals surface area contributed by atoms with Crippen LogP contribution in [0.25, 0.3) is 0 Å². The molecule has 17 heavy (non-hydrogen) atoms. The number of carbonyl (C=O) groups is 1. The van der Waals surface area contributed by atoms with Gasteiger partial charge in [-0.1, -0.05) is 35.4 Å². The van der Waals surface area contributed by atoms with Crippen molar-refractivity contribution in [3.05, 3.63) is 46.5 Å². The maximum absolute atomic E-state index is 10.6. The fraction of sp³-hybridized carbons (Fsp3) is 0.357. The van der Waals surface area contributed by atoms with Gasteiger partial charge in [-0.3, -0.25) is 0 Å². The van der Waals surface area contributed by atoms with Crippen LogP contribution in [0.2, 0.25) is 5.02 Å². The molecule has 0 amide bonds. The van der Waals surface area contributed by atoms with Crippen LogP contribution in [-0.4, -0.2) is 11.1 Å².